The molecule has 148 valence electrons. The van der Waals surface area contributed by atoms with Crippen molar-refractivity contribution in [2.75, 3.05) is 0 Å². The van der Waals surface area contributed by atoms with E-state index in [2.05, 4.69) is 10.3 Å². The maximum atomic E-state index is 12.9. The highest BCUT2D eigenvalue weighted by Crippen LogP contribution is 2.18. The first-order valence-electron chi connectivity index (χ1n) is 9.15. The van der Waals surface area contributed by atoms with Gasteiger partial charge < -0.3 is 19.2 Å². The molecule has 2 amide bonds. The van der Waals surface area contributed by atoms with E-state index in [0.29, 0.717) is 30.4 Å². The van der Waals surface area contributed by atoms with Gasteiger partial charge in [0.25, 0.3) is 0 Å². The SMILES string of the molecule is CC(C)(C)NC(=O)N(Cc1ccco1)Cc1nccn1Cc1ccccc1Cl. The van der Waals surface area contributed by atoms with E-state index in [4.69, 9.17) is 16.0 Å². The molecule has 0 fully saturated rings. The van der Waals surface area contributed by atoms with Gasteiger partial charge in [0, 0.05) is 23.0 Å². The number of rotatable bonds is 6. The number of halogens is 1. The Morgan fingerprint density at radius 1 is 1.21 bits per heavy atom. The van der Waals surface area contributed by atoms with Crippen LogP contribution in [0.15, 0.2) is 59.5 Å². The number of nitrogens with one attached hydrogen (secondary N) is 1. The second-order valence-corrected chi connectivity index (χ2v) is 8.09. The minimum Gasteiger partial charge on any atom is -0.467 e. The van der Waals surface area contributed by atoms with Crippen molar-refractivity contribution >= 4 is 17.6 Å². The van der Waals surface area contributed by atoms with Gasteiger partial charge in [-0.25, -0.2) is 9.78 Å². The Bertz CT molecular complexity index is 913. The maximum absolute atomic E-state index is 12.9. The summed E-state index contributed by atoms with van der Waals surface area (Å²) >= 11 is 6.30. The molecule has 3 rings (SSSR count). The number of amides is 2. The van der Waals surface area contributed by atoms with Gasteiger partial charge in [0.15, 0.2) is 0 Å². The fourth-order valence-corrected chi connectivity index (χ4v) is 3.00. The molecule has 0 atom stereocenters. The van der Waals surface area contributed by atoms with Gasteiger partial charge in [0.1, 0.15) is 11.6 Å². The van der Waals surface area contributed by atoms with Crippen LogP contribution in [0.4, 0.5) is 4.79 Å². The Morgan fingerprint density at radius 3 is 2.68 bits per heavy atom. The Hall–Kier alpha value is -2.73. The van der Waals surface area contributed by atoms with Gasteiger partial charge in [-0.1, -0.05) is 29.8 Å². The Kier molecular flexibility index (Phi) is 6.09. The molecule has 0 spiro atoms. The Labute approximate surface area is 170 Å². The molecule has 0 aliphatic heterocycles. The van der Waals surface area contributed by atoms with Gasteiger partial charge in [-0.2, -0.15) is 0 Å². The largest absolute Gasteiger partial charge is 0.467 e. The molecule has 7 heteroatoms. The van der Waals surface area contributed by atoms with Crippen molar-refractivity contribution < 1.29 is 9.21 Å². The first-order valence-corrected chi connectivity index (χ1v) is 9.52. The van der Waals surface area contributed by atoms with Crippen LogP contribution >= 0.6 is 11.6 Å². The molecular formula is C21H25ClN4O2. The molecule has 6 nitrogen and oxygen atoms in total. The van der Waals surface area contributed by atoms with E-state index in [0.717, 1.165) is 11.4 Å². The third-order valence-corrected chi connectivity index (χ3v) is 4.50. The first-order chi connectivity index (χ1) is 13.3. The minimum absolute atomic E-state index is 0.170. The van der Waals surface area contributed by atoms with Gasteiger partial charge in [0.05, 0.1) is 25.9 Å². The summed E-state index contributed by atoms with van der Waals surface area (Å²) in [4.78, 5) is 19.0. The van der Waals surface area contributed by atoms with Crippen LogP contribution in [0.2, 0.25) is 5.02 Å². The smallest absolute Gasteiger partial charge is 0.318 e. The van der Waals surface area contributed by atoms with Crippen molar-refractivity contribution in [2.45, 2.75) is 45.9 Å². The molecule has 3 aromatic rings. The summed E-state index contributed by atoms with van der Waals surface area (Å²) in [7, 11) is 0. The highest BCUT2D eigenvalue weighted by molar-refractivity contribution is 6.31. The molecule has 0 aliphatic carbocycles. The predicted molar refractivity (Wildman–Crippen MR) is 109 cm³/mol. The summed E-state index contributed by atoms with van der Waals surface area (Å²) in [6, 6.07) is 11.2. The maximum Gasteiger partial charge on any atom is 0.318 e. The highest BCUT2D eigenvalue weighted by Gasteiger charge is 2.22. The second kappa shape index (κ2) is 8.52. The van der Waals surface area contributed by atoms with Gasteiger partial charge in [-0.3, -0.25) is 0 Å². The average molecular weight is 401 g/mol. The lowest BCUT2D eigenvalue weighted by Crippen LogP contribution is -2.48. The molecule has 0 bridgehead atoms. The lowest BCUT2D eigenvalue weighted by molar-refractivity contribution is 0.176. The van der Waals surface area contributed by atoms with E-state index >= 15 is 0 Å². The van der Waals surface area contributed by atoms with Crippen molar-refractivity contribution in [1.29, 1.82) is 0 Å². The minimum atomic E-state index is -0.342. The van der Waals surface area contributed by atoms with Crippen LogP contribution in [0.3, 0.4) is 0 Å². The zero-order valence-electron chi connectivity index (χ0n) is 16.4. The lowest BCUT2D eigenvalue weighted by atomic mass is 10.1. The fourth-order valence-electron chi connectivity index (χ4n) is 2.81. The summed E-state index contributed by atoms with van der Waals surface area (Å²) in [6.45, 7) is 7.15. The van der Waals surface area contributed by atoms with Gasteiger partial charge in [0.2, 0.25) is 0 Å². The number of imidazole rings is 1. The standard InChI is InChI=1S/C21H25ClN4O2/c1-21(2,3)24-20(27)26(14-17-8-6-12-28-17)15-19-23-10-11-25(19)13-16-7-4-5-9-18(16)22/h4-12H,13-15H2,1-3H3,(H,24,27). The highest BCUT2D eigenvalue weighted by atomic mass is 35.5. The summed E-state index contributed by atoms with van der Waals surface area (Å²) in [5.41, 5.74) is 0.658. The van der Waals surface area contributed by atoms with E-state index in [1.54, 1.807) is 17.4 Å². The summed E-state index contributed by atoms with van der Waals surface area (Å²) in [5, 5.41) is 3.72. The van der Waals surface area contributed by atoms with E-state index in [1.165, 1.54) is 0 Å². The number of aromatic nitrogens is 2. The summed E-state index contributed by atoms with van der Waals surface area (Å²) in [5.74, 6) is 1.49. The summed E-state index contributed by atoms with van der Waals surface area (Å²) in [6.07, 6.45) is 5.23. The number of nitrogens with zero attached hydrogens (tertiary/aromatic N) is 3. The van der Waals surface area contributed by atoms with Crippen LogP contribution in [0.1, 0.15) is 37.9 Å². The molecule has 2 aromatic heterocycles. The quantitative estimate of drug-likeness (QED) is 0.652. The van der Waals surface area contributed by atoms with E-state index in [9.17, 15) is 4.79 Å². The molecular weight excluding hydrogens is 376 g/mol. The number of hydrogen-bond acceptors (Lipinski definition) is 3. The van der Waals surface area contributed by atoms with Crippen molar-refractivity contribution in [2.24, 2.45) is 0 Å². The normalized spacial score (nSPS) is 11.4. The molecule has 0 radical (unpaired) electrons. The number of benzene rings is 1. The van der Waals surface area contributed by atoms with Crippen LogP contribution in [0.5, 0.6) is 0 Å². The van der Waals surface area contributed by atoms with Crippen molar-refractivity contribution in [3.05, 3.63) is 77.2 Å². The molecule has 1 aromatic carbocycles. The molecule has 0 saturated heterocycles. The number of carbonyl (C=O) groups is 1. The number of furan rings is 1. The van der Waals surface area contributed by atoms with Gasteiger partial charge >= 0.3 is 6.03 Å². The van der Waals surface area contributed by atoms with Crippen molar-refractivity contribution in [1.82, 2.24) is 19.8 Å². The number of carbonyl (C=O) groups excluding carboxylic acids is 1. The van der Waals surface area contributed by atoms with Gasteiger partial charge in [-0.05, 0) is 44.5 Å². The van der Waals surface area contributed by atoms with Crippen LogP contribution < -0.4 is 5.32 Å². The third kappa shape index (κ3) is 5.39. The monoisotopic (exact) mass is 400 g/mol. The number of urea groups is 1. The topological polar surface area (TPSA) is 63.3 Å². The Morgan fingerprint density at radius 2 is 2.00 bits per heavy atom. The summed E-state index contributed by atoms with van der Waals surface area (Å²) < 4.78 is 7.44. The van der Waals surface area contributed by atoms with Crippen LogP contribution in [0, 0.1) is 0 Å². The second-order valence-electron chi connectivity index (χ2n) is 7.68. The molecule has 0 unspecified atom stereocenters. The van der Waals surface area contributed by atoms with Crippen LogP contribution in [-0.2, 0) is 19.6 Å². The lowest BCUT2D eigenvalue weighted by Gasteiger charge is -2.28. The molecule has 0 aliphatic rings. The molecule has 28 heavy (non-hydrogen) atoms. The van der Waals surface area contributed by atoms with E-state index < -0.39 is 0 Å². The Balaban J connectivity index is 1.80. The van der Waals surface area contributed by atoms with E-state index in [1.807, 2.05) is 67.9 Å². The zero-order chi connectivity index (χ0) is 20.1. The van der Waals surface area contributed by atoms with Crippen LogP contribution in [-0.4, -0.2) is 26.0 Å². The third-order valence-electron chi connectivity index (χ3n) is 4.13. The number of hydrogen-bond donors (Lipinski definition) is 1. The van der Waals surface area contributed by atoms with E-state index in [-0.39, 0.29) is 11.6 Å². The van der Waals surface area contributed by atoms with Crippen LogP contribution in [0.25, 0.3) is 0 Å². The fraction of sp³-hybridized carbons (Fsp3) is 0.333. The van der Waals surface area contributed by atoms with Crippen molar-refractivity contribution in [3.8, 4) is 0 Å². The molecule has 1 N–H and O–H groups in total. The first kappa shape index (κ1) is 20.0. The average Bonchev–Trinajstić information content (AvgIpc) is 3.27. The van der Waals surface area contributed by atoms with Gasteiger partial charge in [-0.15, -0.1) is 0 Å². The van der Waals surface area contributed by atoms with Crippen molar-refractivity contribution in [3.63, 3.8) is 0 Å². The predicted octanol–water partition coefficient (Wildman–Crippen LogP) is 4.69. The molecule has 0 saturated carbocycles. The molecule has 2 heterocycles. The zero-order valence-corrected chi connectivity index (χ0v) is 17.1.